The van der Waals surface area contributed by atoms with E-state index >= 15 is 0 Å². The molecule has 4 heteroatoms. The first-order valence-corrected chi connectivity index (χ1v) is 6.45. The molecule has 0 saturated heterocycles. The Bertz CT molecular complexity index is 681. The third-order valence-electron chi connectivity index (χ3n) is 3.53. The van der Waals surface area contributed by atoms with Gasteiger partial charge in [-0.3, -0.25) is 0 Å². The predicted octanol–water partition coefficient (Wildman–Crippen LogP) is 3.92. The van der Waals surface area contributed by atoms with E-state index in [1.54, 1.807) is 11.0 Å². The highest BCUT2D eigenvalue weighted by Gasteiger charge is 2.23. The van der Waals surface area contributed by atoms with Gasteiger partial charge < -0.3 is 4.90 Å². The van der Waals surface area contributed by atoms with Crippen LogP contribution in [0.4, 0.5) is 20.2 Å². The third kappa shape index (κ3) is 2.01. The van der Waals surface area contributed by atoms with Crippen LogP contribution >= 0.6 is 0 Å². The van der Waals surface area contributed by atoms with E-state index in [1.165, 1.54) is 0 Å². The first kappa shape index (κ1) is 12.6. The molecule has 2 nitrogen and oxygen atoms in total. The average Bonchev–Trinajstić information content (AvgIpc) is 2.46. The van der Waals surface area contributed by atoms with Gasteiger partial charge in [0.1, 0.15) is 5.69 Å². The van der Waals surface area contributed by atoms with Crippen molar-refractivity contribution in [1.29, 1.82) is 5.26 Å². The molecule has 3 rings (SSSR count). The van der Waals surface area contributed by atoms with Gasteiger partial charge in [-0.25, -0.2) is 8.78 Å². The van der Waals surface area contributed by atoms with E-state index in [4.69, 9.17) is 5.26 Å². The Morgan fingerprint density at radius 3 is 2.50 bits per heavy atom. The molecular formula is C16H12F2N2. The lowest BCUT2D eigenvalue weighted by Gasteiger charge is -2.31. The molecule has 0 N–H and O–H groups in total. The van der Waals surface area contributed by atoms with Crippen LogP contribution in [0.2, 0.25) is 0 Å². The zero-order chi connectivity index (χ0) is 14.1. The fourth-order valence-electron chi connectivity index (χ4n) is 2.65. The second-order valence-electron chi connectivity index (χ2n) is 4.78. The van der Waals surface area contributed by atoms with Gasteiger partial charge in [-0.15, -0.1) is 0 Å². The molecule has 0 spiro atoms. The molecule has 0 bridgehead atoms. The summed E-state index contributed by atoms with van der Waals surface area (Å²) in [7, 11) is 0. The molecule has 0 aliphatic carbocycles. The van der Waals surface area contributed by atoms with Crippen LogP contribution in [0.15, 0.2) is 36.4 Å². The molecule has 0 amide bonds. The lowest BCUT2D eigenvalue weighted by molar-refractivity contribution is 0.575. The first-order chi connectivity index (χ1) is 9.70. The standard InChI is InChI=1S/C16H12F2N2/c17-13-8-11(10-19)9-14(18)16(13)20-7-3-5-12-4-1-2-6-15(12)20/h1-2,4,6,8-9H,3,5,7H2. The molecule has 2 aromatic rings. The van der Waals surface area contributed by atoms with Gasteiger partial charge >= 0.3 is 0 Å². The van der Waals surface area contributed by atoms with Crippen LogP contribution in [0.5, 0.6) is 0 Å². The Morgan fingerprint density at radius 1 is 1.10 bits per heavy atom. The minimum Gasteiger partial charge on any atom is -0.336 e. The molecule has 0 unspecified atom stereocenters. The predicted molar refractivity (Wildman–Crippen MR) is 72.8 cm³/mol. The molecule has 20 heavy (non-hydrogen) atoms. The Morgan fingerprint density at radius 2 is 1.80 bits per heavy atom. The molecule has 1 aliphatic rings. The van der Waals surface area contributed by atoms with Crippen LogP contribution in [-0.4, -0.2) is 6.54 Å². The number of nitriles is 1. The quantitative estimate of drug-likeness (QED) is 0.785. The number of para-hydroxylation sites is 1. The number of hydrogen-bond donors (Lipinski definition) is 0. The second kappa shape index (κ2) is 4.93. The van der Waals surface area contributed by atoms with Crippen molar-refractivity contribution in [3.05, 3.63) is 59.2 Å². The first-order valence-electron chi connectivity index (χ1n) is 6.45. The van der Waals surface area contributed by atoms with Gasteiger partial charge in [0, 0.05) is 12.2 Å². The van der Waals surface area contributed by atoms with Crippen molar-refractivity contribution in [1.82, 2.24) is 0 Å². The Balaban J connectivity index is 2.14. The molecular weight excluding hydrogens is 258 g/mol. The molecule has 2 aromatic carbocycles. The highest BCUT2D eigenvalue weighted by atomic mass is 19.1. The lowest BCUT2D eigenvalue weighted by Crippen LogP contribution is -2.26. The van der Waals surface area contributed by atoms with Gasteiger partial charge in [-0.1, -0.05) is 18.2 Å². The lowest BCUT2D eigenvalue weighted by atomic mass is 10.0. The highest BCUT2D eigenvalue weighted by molar-refractivity contribution is 5.69. The fraction of sp³-hybridized carbons (Fsp3) is 0.188. The summed E-state index contributed by atoms with van der Waals surface area (Å²) in [5, 5.41) is 8.75. The number of anilines is 2. The van der Waals surface area contributed by atoms with Crippen molar-refractivity contribution < 1.29 is 8.78 Å². The summed E-state index contributed by atoms with van der Waals surface area (Å²) in [4.78, 5) is 1.66. The van der Waals surface area contributed by atoms with E-state index in [2.05, 4.69) is 0 Å². The maximum absolute atomic E-state index is 14.1. The number of aryl methyl sites for hydroxylation is 1. The zero-order valence-corrected chi connectivity index (χ0v) is 10.7. The van der Waals surface area contributed by atoms with Crippen LogP contribution in [-0.2, 0) is 6.42 Å². The van der Waals surface area contributed by atoms with Crippen molar-refractivity contribution in [3.8, 4) is 6.07 Å². The average molecular weight is 270 g/mol. The van der Waals surface area contributed by atoms with Crippen molar-refractivity contribution in [2.24, 2.45) is 0 Å². The molecule has 0 aromatic heterocycles. The Labute approximate surface area is 115 Å². The summed E-state index contributed by atoms with van der Waals surface area (Å²) < 4.78 is 28.3. The van der Waals surface area contributed by atoms with Crippen LogP contribution in [0, 0.1) is 23.0 Å². The maximum atomic E-state index is 14.1. The molecule has 0 atom stereocenters. The van der Waals surface area contributed by atoms with E-state index in [-0.39, 0.29) is 11.3 Å². The monoisotopic (exact) mass is 270 g/mol. The third-order valence-corrected chi connectivity index (χ3v) is 3.53. The van der Waals surface area contributed by atoms with Gasteiger partial charge in [-0.05, 0) is 36.6 Å². The van der Waals surface area contributed by atoms with E-state index < -0.39 is 11.6 Å². The number of nitrogens with zero attached hydrogens (tertiary/aromatic N) is 2. The Hall–Kier alpha value is -2.41. The minimum absolute atomic E-state index is 0.00551. The number of fused-ring (bicyclic) bond motifs is 1. The topological polar surface area (TPSA) is 27.0 Å². The summed E-state index contributed by atoms with van der Waals surface area (Å²) in [6.07, 6.45) is 1.75. The second-order valence-corrected chi connectivity index (χ2v) is 4.78. The highest BCUT2D eigenvalue weighted by Crippen LogP contribution is 2.36. The van der Waals surface area contributed by atoms with Gasteiger partial charge in [-0.2, -0.15) is 5.26 Å². The summed E-state index contributed by atoms with van der Waals surface area (Å²) in [5.41, 5.74) is 1.84. The van der Waals surface area contributed by atoms with Crippen molar-refractivity contribution in [2.45, 2.75) is 12.8 Å². The molecule has 1 heterocycles. The van der Waals surface area contributed by atoms with Crippen molar-refractivity contribution >= 4 is 11.4 Å². The summed E-state index contributed by atoms with van der Waals surface area (Å²) >= 11 is 0. The number of halogens is 2. The molecule has 0 saturated carbocycles. The Kier molecular flexibility index (Phi) is 3.11. The minimum atomic E-state index is -0.696. The van der Waals surface area contributed by atoms with Gasteiger partial charge in [0.25, 0.3) is 0 Å². The normalized spacial score (nSPS) is 13.8. The molecule has 0 radical (unpaired) electrons. The smallest absolute Gasteiger partial charge is 0.151 e. The van der Waals surface area contributed by atoms with Crippen molar-refractivity contribution in [3.63, 3.8) is 0 Å². The van der Waals surface area contributed by atoms with Crippen LogP contribution in [0.1, 0.15) is 17.5 Å². The van der Waals surface area contributed by atoms with E-state index in [1.807, 2.05) is 24.3 Å². The summed E-state index contributed by atoms with van der Waals surface area (Å²) in [6, 6.07) is 11.5. The molecule has 100 valence electrons. The van der Waals surface area contributed by atoms with E-state index in [9.17, 15) is 8.78 Å². The SMILES string of the molecule is N#Cc1cc(F)c(N2CCCc3ccccc32)c(F)c1. The van der Waals surface area contributed by atoms with Crippen LogP contribution in [0.3, 0.4) is 0 Å². The van der Waals surface area contributed by atoms with E-state index in [0.29, 0.717) is 6.54 Å². The molecule has 0 fully saturated rings. The summed E-state index contributed by atoms with van der Waals surface area (Å²) in [6.45, 7) is 0.566. The van der Waals surface area contributed by atoms with Gasteiger partial charge in [0.2, 0.25) is 0 Å². The number of hydrogen-bond acceptors (Lipinski definition) is 2. The number of benzene rings is 2. The summed E-state index contributed by atoms with van der Waals surface area (Å²) in [5.74, 6) is -1.39. The van der Waals surface area contributed by atoms with Crippen LogP contribution in [0.25, 0.3) is 0 Å². The van der Waals surface area contributed by atoms with Gasteiger partial charge in [0.05, 0.1) is 11.6 Å². The largest absolute Gasteiger partial charge is 0.336 e. The van der Waals surface area contributed by atoms with Crippen LogP contribution < -0.4 is 4.90 Å². The van der Waals surface area contributed by atoms with E-state index in [0.717, 1.165) is 36.2 Å². The maximum Gasteiger partial charge on any atom is 0.151 e. The molecule has 1 aliphatic heterocycles. The number of rotatable bonds is 1. The zero-order valence-electron chi connectivity index (χ0n) is 10.7. The fourth-order valence-corrected chi connectivity index (χ4v) is 2.65. The van der Waals surface area contributed by atoms with Gasteiger partial charge in [0.15, 0.2) is 11.6 Å². The van der Waals surface area contributed by atoms with Crippen molar-refractivity contribution in [2.75, 3.05) is 11.4 Å².